The maximum atomic E-state index is 12.1. The lowest BCUT2D eigenvalue weighted by atomic mass is 10.0. The molecule has 1 unspecified atom stereocenters. The third-order valence-electron chi connectivity index (χ3n) is 3.63. The highest BCUT2D eigenvalue weighted by Crippen LogP contribution is 2.18. The van der Waals surface area contributed by atoms with Crippen LogP contribution in [0.2, 0.25) is 0 Å². The second kappa shape index (κ2) is 6.75. The number of ether oxygens (including phenoxy) is 1. The normalized spacial score (nSPS) is 19.2. The Kier molecular flexibility index (Phi) is 5.01. The van der Waals surface area contributed by atoms with Crippen LogP contribution in [0.5, 0.6) is 5.75 Å². The van der Waals surface area contributed by atoms with Gasteiger partial charge in [-0.05, 0) is 30.5 Å². The molecule has 0 saturated carbocycles. The fraction of sp³-hybridized carbons (Fsp3) is 0.562. The Hall–Kier alpha value is -1.55. The fourth-order valence-corrected chi connectivity index (χ4v) is 2.34. The summed E-state index contributed by atoms with van der Waals surface area (Å²) in [4.78, 5) is 13.9. The molecule has 0 spiro atoms. The van der Waals surface area contributed by atoms with E-state index in [9.17, 15) is 4.79 Å². The van der Waals surface area contributed by atoms with Crippen molar-refractivity contribution < 1.29 is 9.53 Å². The highest BCUT2D eigenvalue weighted by Gasteiger charge is 2.20. The van der Waals surface area contributed by atoms with Crippen LogP contribution in [0.3, 0.4) is 0 Å². The molecular weight excluding hydrogens is 252 g/mol. The van der Waals surface area contributed by atoms with Gasteiger partial charge in [-0.15, -0.1) is 0 Å². The van der Waals surface area contributed by atoms with Crippen molar-refractivity contribution in [2.75, 3.05) is 26.2 Å². The number of rotatable bonds is 4. The Morgan fingerprint density at radius 2 is 2.10 bits per heavy atom. The Morgan fingerprint density at radius 1 is 1.40 bits per heavy atom. The van der Waals surface area contributed by atoms with Crippen LogP contribution in [0.15, 0.2) is 24.3 Å². The van der Waals surface area contributed by atoms with Crippen molar-refractivity contribution in [3.05, 3.63) is 29.8 Å². The highest BCUT2D eigenvalue weighted by molar-refractivity contribution is 5.78. The van der Waals surface area contributed by atoms with Crippen molar-refractivity contribution in [2.45, 2.75) is 32.7 Å². The van der Waals surface area contributed by atoms with E-state index in [0.717, 1.165) is 25.4 Å². The number of piperazine rings is 1. The molecule has 0 radical (unpaired) electrons. The summed E-state index contributed by atoms with van der Waals surface area (Å²) in [6.07, 6.45) is 0. The van der Waals surface area contributed by atoms with Crippen molar-refractivity contribution >= 4 is 5.91 Å². The van der Waals surface area contributed by atoms with E-state index in [1.54, 1.807) is 0 Å². The number of carbonyl (C=O) groups is 1. The van der Waals surface area contributed by atoms with Crippen LogP contribution in [-0.2, 0) is 4.79 Å². The topological polar surface area (TPSA) is 41.6 Å². The Balaban J connectivity index is 1.83. The third kappa shape index (κ3) is 3.97. The number of carbonyl (C=O) groups excluding carboxylic acids is 1. The molecule has 4 nitrogen and oxygen atoms in total. The standard InChI is InChI=1S/C16H24N2O2/c1-12(2)14-4-6-15(7-5-14)20-11-16(19)18-9-8-17-13(3)10-18/h4-7,12-13,17H,8-11H2,1-3H3. The molecule has 1 saturated heterocycles. The first kappa shape index (κ1) is 14.9. The number of hydrogen-bond donors (Lipinski definition) is 1. The van der Waals surface area contributed by atoms with Gasteiger partial charge in [-0.2, -0.15) is 0 Å². The van der Waals surface area contributed by atoms with Gasteiger partial charge in [0.1, 0.15) is 5.75 Å². The first-order valence-corrected chi connectivity index (χ1v) is 7.30. The average molecular weight is 276 g/mol. The van der Waals surface area contributed by atoms with E-state index in [4.69, 9.17) is 4.74 Å². The summed E-state index contributed by atoms with van der Waals surface area (Å²) in [6, 6.07) is 8.33. The predicted molar refractivity (Wildman–Crippen MR) is 80.1 cm³/mol. The lowest BCUT2D eigenvalue weighted by Crippen LogP contribution is -2.52. The molecule has 1 heterocycles. The molecule has 4 heteroatoms. The molecule has 1 aromatic carbocycles. The molecule has 1 atom stereocenters. The van der Waals surface area contributed by atoms with Gasteiger partial charge in [-0.25, -0.2) is 0 Å². The predicted octanol–water partition coefficient (Wildman–Crippen LogP) is 2.01. The van der Waals surface area contributed by atoms with Crippen LogP contribution in [0, 0.1) is 0 Å². The Morgan fingerprint density at radius 3 is 2.70 bits per heavy atom. The Labute approximate surface area is 121 Å². The van der Waals surface area contributed by atoms with Crippen molar-refractivity contribution in [2.24, 2.45) is 0 Å². The second-order valence-corrected chi connectivity index (χ2v) is 5.71. The smallest absolute Gasteiger partial charge is 0.260 e. The molecule has 1 aromatic rings. The molecule has 1 aliphatic heterocycles. The maximum absolute atomic E-state index is 12.1. The van der Waals surface area contributed by atoms with E-state index in [1.165, 1.54) is 5.56 Å². The van der Waals surface area contributed by atoms with Gasteiger partial charge in [0.25, 0.3) is 5.91 Å². The van der Waals surface area contributed by atoms with E-state index in [0.29, 0.717) is 12.0 Å². The zero-order chi connectivity index (χ0) is 14.5. The molecule has 1 N–H and O–H groups in total. The minimum atomic E-state index is 0.0614. The largest absolute Gasteiger partial charge is 0.484 e. The molecule has 110 valence electrons. The molecule has 2 rings (SSSR count). The summed E-state index contributed by atoms with van der Waals surface area (Å²) in [5.41, 5.74) is 1.28. The number of hydrogen-bond acceptors (Lipinski definition) is 3. The number of amides is 1. The van der Waals surface area contributed by atoms with E-state index < -0.39 is 0 Å². The van der Waals surface area contributed by atoms with Crippen molar-refractivity contribution in [3.63, 3.8) is 0 Å². The monoisotopic (exact) mass is 276 g/mol. The van der Waals surface area contributed by atoms with Crippen LogP contribution in [0.4, 0.5) is 0 Å². The first-order valence-electron chi connectivity index (χ1n) is 7.30. The fourth-order valence-electron chi connectivity index (χ4n) is 2.34. The lowest BCUT2D eigenvalue weighted by molar-refractivity contribution is -0.134. The summed E-state index contributed by atoms with van der Waals surface area (Å²) < 4.78 is 5.58. The lowest BCUT2D eigenvalue weighted by Gasteiger charge is -2.31. The van der Waals surface area contributed by atoms with Gasteiger partial charge in [0.15, 0.2) is 6.61 Å². The van der Waals surface area contributed by atoms with Gasteiger partial charge in [-0.3, -0.25) is 4.79 Å². The molecule has 1 fully saturated rings. The van der Waals surface area contributed by atoms with E-state index in [-0.39, 0.29) is 12.5 Å². The van der Waals surface area contributed by atoms with Crippen LogP contribution in [0.25, 0.3) is 0 Å². The summed E-state index contributed by atoms with van der Waals surface area (Å²) in [5.74, 6) is 1.32. The molecule has 1 amide bonds. The van der Waals surface area contributed by atoms with Crippen LogP contribution >= 0.6 is 0 Å². The molecule has 0 aliphatic carbocycles. The van der Waals surface area contributed by atoms with Crippen molar-refractivity contribution in [3.8, 4) is 5.75 Å². The van der Waals surface area contributed by atoms with Gasteiger partial charge < -0.3 is 15.0 Å². The Bertz CT molecular complexity index is 442. The van der Waals surface area contributed by atoms with E-state index >= 15 is 0 Å². The quantitative estimate of drug-likeness (QED) is 0.914. The zero-order valence-electron chi connectivity index (χ0n) is 12.6. The molecule has 20 heavy (non-hydrogen) atoms. The minimum Gasteiger partial charge on any atom is -0.484 e. The third-order valence-corrected chi connectivity index (χ3v) is 3.63. The number of nitrogens with zero attached hydrogens (tertiary/aromatic N) is 1. The summed E-state index contributed by atoms with van der Waals surface area (Å²) >= 11 is 0. The second-order valence-electron chi connectivity index (χ2n) is 5.71. The van der Waals surface area contributed by atoms with E-state index in [1.807, 2.05) is 17.0 Å². The molecule has 0 aromatic heterocycles. The summed E-state index contributed by atoms with van der Waals surface area (Å²) in [7, 11) is 0. The van der Waals surface area contributed by atoms with Gasteiger partial charge in [0, 0.05) is 25.7 Å². The number of nitrogens with one attached hydrogen (secondary N) is 1. The summed E-state index contributed by atoms with van der Waals surface area (Å²) in [5, 5.41) is 3.32. The van der Waals surface area contributed by atoms with Gasteiger partial charge >= 0.3 is 0 Å². The van der Waals surface area contributed by atoms with Crippen LogP contribution < -0.4 is 10.1 Å². The van der Waals surface area contributed by atoms with Crippen LogP contribution in [0.1, 0.15) is 32.3 Å². The SMILES string of the molecule is CC1CN(C(=O)COc2ccc(C(C)C)cc2)CCN1. The maximum Gasteiger partial charge on any atom is 0.260 e. The summed E-state index contributed by atoms with van der Waals surface area (Å²) in [6.45, 7) is 8.90. The zero-order valence-corrected chi connectivity index (χ0v) is 12.6. The van der Waals surface area contributed by atoms with Gasteiger partial charge in [0.2, 0.25) is 0 Å². The minimum absolute atomic E-state index is 0.0614. The van der Waals surface area contributed by atoms with E-state index in [2.05, 4.69) is 38.2 Å². The van der Waals surface area contributed by atoms with Crippen molar-refractivity contribution in [1.29, 1.82) is 0 Å². The van der Waals surface area contributed by atoms with Gasteiger partial charge in [0.05, 0.1) is 0 Å². The highest BCUT2D eigenvalue weighted by atomic mass is 16.5. The van der Waals surface area contributed by atoms with Crippen molar-refractivity contribution in [1.82, 2.24) is 10.2 Å². The number of benzene rings is 1. The van der Waals surface area contributed by atoms with Gasteiger partial charge in [-0.1, -0.05) is 26.0 Å². The molecule has 1 aliphatic rings. The molecular formula is C16H24N2O2. The molecule has 0 bridgehead atoms. The average Bonchev–Trinajstić information content (AvgIpc) is 2.45. The van der Waals surface area contributed by atoms with Crippen LogP contribution in [-0.4, -0.2) is 43.1 Å². The first-order chi connectivity index (χ1) is 9.56.